The molecule has 0 radical (unpaired) electrons. The van der Waals surface area contributed by atoms with Crippen molar-refractivity contribution in [3.05, 3.63) is 34.9 Å². The standard InChI is InChI=1S/C11H8F2O2/c12-4-1-6-5(8(13)2-4)3-7-9(6)10(7)11(14)15/h1-2,7,9-10H,3H2,(H,14,15)/t7-,9-,10+/m0/s1. The van der Waals surface area contributed by atoms with Gasteiger partial charge in [0, 0.05) is 12.0 Å². The fraction of sp³-hybridized carbons (Fsp3) is 0.364. The number of benzene rings is 1. The molecule has 0 spiro atoms. The number of rotatable bonds is 1. The van der Waals surface area contributed by atoms with Crippen LogP contribution in [0.4, 0.5) is 8.78 Å². The van der Waals surface area contributed by atoms with Crippen molar-refractivity contribution in [1.82, 2.24) is 0 Å². The Balaban J connectivity index is 2.05. The largest absolute Gasteiger partial charge is 0.481 e. The highest BCUT2D eigenvalue weighted by Gasteiger charge is 2.60. The van der Waals surface area contributed by atoms with E-state index in [0.29, 0.717) is 17.5 Å². The van der Waals surface area contributed by atoms with Gasteiger partial charge < -0.3 is 5.11 Å². The molecule has 3 atom stereocenters. The third-order valence-corrected chi connectivity index (χ3v) is 3.45. The quantitative estimate of drug-likeness (QED) is 0.769. The van der Waals surface area contributed by atoms with E-state index < -0.39 is 23.5 Å². The van der Waals surface area contributed by atoms with Gasteiger partial charge in [-0.2, -0.15) is 0 Å². The average Bonchev–Trinajstić information content (AvgIpc) is 2.74. The van der Waals surface area contributed by atoms with E-state index in [0.717, 1.165) is 6.07 Å². The summed E-state index contributed by atoms with van der Waals surface area (Å²) in [4.78, 5) is 10.8. The van der Waals surface area contributed by atoms with Crippen molar-refractivity contribution in [2.75, 3.05) is 0 Å². The molecule has 0 amide bonds. The Hall–Kier alpha value is -1.45. The summed E-state index contributed by atoms with van der Waals surface area (Å²) in [6.07, 6.45) is 0.434. The van der Waals surface area contributed by atoms with Gasteiger partial charge in [0.15, 0.2) is 0 Å². The van der Waals surface area contributed by atoms with Gasteiger partial charge in [0.25, 0.3) is 0 Å². The number of halogens is 2. The van der Waals surface area contributed by atoms with Gasteiger partial charge in [-0.05, 0) is 29.5 Å². The van der Waals surface area contributed by atoms with Crippen molar-refractivity contribution >= 4 is 5.97 Å². The van der Waals surface area contributed by atoms with Crippen molar-refractivity contribution in [3.63, 3.8) is 0 Å². The lowest BCUT2D eigenvalue weighted by Gasteiger charge is -2.06. The second kappa shape index (κ2) is 2.56. The summed E-state index contributed by atoms with van der Waals surface area (Å²) in [7, 11) is 0. The van der Waals surface area contributed by atoms with E-state index in [1.165, 1.54) is 6.07 Å². The smallest absolute Gasteiger partial charge is 0.307 e. The molecule has 1 N–H and O–H groups in total. The maximum atomic E-state index is 13.3. The Labute approximate surface area is 84.5 Å². The lowest BCUT2D eigenvalue weighted by atomic mass is 10.0. The number of carboxylic acids is 1. The lowest BCUT2D eigenvalue weighted by Crippen LogP contribution is -2.06. The van der Waals surface area contributed by atoms with Crippen LogP contribution < -0.4 is 0 Å². The van der Waals surface area contributed by atoms with Gasteiger partial charge in [-0.15, -0.1) is 0 Å². The van der Waals surface area contributed by atoms with Crippen LogP contribution >= 0.6 is 0 Å². The van der Waals surface area contributed by atoms with Gasteiger partial charge in [0.05, 0.1) is 5.92 Å². The molecule has 0 unspecified atom stereocenters. The van der Waals surface area contributed by atoms with Gasteiger partial charge in [-0.1, -0.05) is 0 Å². The van der Waals surface area contributed by atoms with Crippen LogP contribution in [0, 0.1) is 23.5 Å². The van der Waals surface area contributed by atoms with Gasteiger partial charge in [0.2, 0.25) is 0 Å². The molecule has 1 aromatic carbocycles. The third kappa shape index (κ3) is 1.05. The zero-order valence-electron chi connectivity index (χ0n) is 7.71. The minimum atomic E-state index is -0.861. The van der Waals surface area contributed by atoms with Crippen LogP contribution in [-0.4, -0.2) is 11.1 Å². The topological polar surface area (TPSA) is 37.3 Å². The Morgan fingerprint density at radius 2 is 2.13 bits per heavy atom. The van der Waals surface area contributed by atoms with E-state index in [2.05, 4.69) is 0 Å². The molecule has 1 fully saturated rings. The Morgan fingerprint density at radius 1 is 1.40 bits per heavy atom. The predicted octanol–water partition coefficient (Wildman–Crippen LogP) is 1.94. The summed E-state index contributed by atoms with van der Waals surface area (Å²) in [5.41, 5.74) is 1.06. The first-order valence-corrected chi connectivity index (χ1v) is 4.80. The summed E-state index contributed by atoms with van der Waals surface area (Å²) < 4.78 is 26.2. The number of hydrogen-bond acceptors (Lipinski definition) is 1. The fourth-order valence-corrected chi connectivity index (χ4v) is 2.76. The van der Waals surface area contributed by atoms with Crippen LogP contribution in [0.2, 0.25) is 0 Å². The number of fused-ring (bicyclic) bond motifs is 3. The van der Waals surface area contributed by atoms with Gasteiger partial charge in [-0.25, -0.2) is 8.78 Å². The van der Waals surface area contributed by atoms with Crippen LogP contribution in [0.3, 0.4) is 0 Å². The first-order valence-electron chi connectivity index (χ1n) is 4.80. The highest BCUT2D eigenvalue weighted by atomic mass is 19.1. The van der Waals surface area contributed by atoms with Gasteiger partial charge >= 0.3 is 5.97 Å². The minimum Gasteiger partial charge on any atom is -0.481 e. The van der Waals surface area contributed by atoms with Crippen LogP contribution in [0.25, 0.3) is 0 Å². The van der Waals surface area contributed by atoms with Gasteiger partial charge in [-0.3, -0.25) is 4.79 Å². The molecule has 1 saturated carbocycles. The fourth-order valence-electron chi connectivity index (χ4n) is 2.76. The summed E-state index contributed by atoms with van der Waals surface area (Å²) in [5, 5.41) is 8.84. The SMILES string of the molecule is O=C(O)[C@@H]1[C@H]2Cc3c(F)cc(F)cc3[C@@H]21. The molecule has 78 valence electrons. The van der Waals surface area contributed by atoms with Crippen LogP contribution in [0.1, 0.15) is 17.0 Å². The van der Waals surface area contributed by atoms with E-state index in [4.69, 9.17) is 5.11 Å². The summed E-state index contributed by atoms with van der Waals surface area (Å²) in [6, 6.07) is 2.13. The molecule has 2 nitrogen and oxygen atoms in total. The number of hydrogen-bond donors (Lipinski definition) is 1. The molecule has 0 aliphatic heterocycles. The Kier molecular flexibility index (Phi) is 1.51. The zero-order valence-corrected chi connectivity index (χ0v) is 7.71. The molecule has 0 saturated heterocycles. The van der Waals surface area contributed by atoms with Crippen molar-refractivity contribution in [1.29, 1.82) is 0 Å². The van der Waals surface area contributed by atoms with E-state index in [1.54, 1.807) is 0 Å². The number of aliphatic carboxylic acids is 1. The summed E-state index contributed by atoms with van der Waals surface area (Å²) >= 11 is 0. The van der Waals surface area contributed by atoms with Crippen molar-refractivity contribution in [2.24, 2.45) is 11.8 Å². The Morgan fingerprint density at radius 3 is 2.80 bits per heavy atom. The first kappa shape index (κ1) is 8.83. The Bertz CT molecular complexity index is 470. The van der Waals surface area contributed by atoms with E-state index in [-0.39, 0.29) is 11.8 Å². The number of carboxylic acid groups (broad SMARTS) is 1. The second-order valence-corrected chi connectivity index (χ2v) is 4.21. The number of carbonyl (C=O) groups is 1. The maximum absolute atomic E-state index is 13.3. The minimum absolute atomic E-state index is 0.0196. The normalized spacial score (nSPS) is 30.9. The third-order valence-electron chi connectivity index (χ3n) is 3.45. The molecule has 1 aromatic rings. The van der Waals surface area contributed by atoms with Crippen molar-refractivity contribution in [2.45, 2.75) is 12.3 Å². The molecule has 3 rings (SSSR count). The molecule has 2 aliphatic carbocycles. The van der Waals surface area contributed by atoms with Crippen molar-refractivity contribution < 1.29 is 18.7 Å². The molecule has 4 heteroatoms. The first-order chi connectivity index (χ1) is 7.09. The molecule has 15 heavy (non-hydrogen) atoms. The summed E-state index contributed by atoms with van der Waals surface area (Å²) in [5.74, 6) is -2.64. The highest BCUT2D eigenvalue weighted by Crippen LogP contribution is 2.61. The monoisotopic (exact) mass is 210 g/mol. The molecular formula is C11H8F2O2. The van der Waals surface area contributed by atoms with Crippen LogP contribution in [0.5, 0.6) is 0 Å². The lowest BCUT2D eigenvalue weighted by molar-refractivity contribution is -0.139. The highest BCUT2D eigenvalue weighted by molar-refractivity contribution is 5.77. The molecule has 0 bridgehead atoms. The van der Waals surface area contributed by atoms with Crippen molar-refractivity contribution in [3.8, 4) is 0 Å². The maximum Gasteiger partial charge on any atom is 0.307 e. The molecule has 0 aromatic heterocycles. The molecule has 2 aliphatic rings. The molecular weight excluding hydrogens is 202 g/mol. The van der Waals surface area contributed by atoms with E-state index in [1.807, 2.05) is 0 Å². The average molecular weight is 210 g/mol. The van der Waals surface area contributed by atoms with Crippen LogP contribution in [-0.2, 0) is 11.2 Å². The second-order valence-electron chi connectivity index (χ2n) is 4.21. The van der Waals surface area contributed by atoms with E-state index >= 15 is 0 Å². The van der Waals surface area contributed by atoms with Crippen LogP contribution in [0.15, 0.2) is 12.1 Å². The van der Waals surface area contributed by atoms with E-state index in [9.17, 15) is 13.6 Å². The predicted molar refractivity (Wildman–Crippen MR) is 47.4 cm³/mol. The van der Waals surface area contributed by atoms with Gasteiger partial charge in [0.1, 0.15) is 11.6 Å². The molecule has 0 heterocycles. The zero-order chi connectivity index (χ0) is 10.7. The summed E-state index contributed by atoms with van der Waals surface area (Å²) in [6.45, 7) is 0.